The van der Waals surface area contributed by atoms with E-state index < -0.39 is 0 Å². The monoisotopic (exact) mass is 266 g/mol. The number of thiazole rings is 1. The van der Waals surface area contributed by atoms with E-state index in [4.69, 9.17) is 11.6 Å². The first-order valence-corrected chi connectivity index (χ1v) is 6.71. The van der Waals surface area contributed by atoms with Gasteiger partial charge in [0.15, 0.2) is 0 Å². The molecule has 0 saturated heterocycles. The molecule has 2 aromatic rings. The first-order valence-electron chi connectivity index (χ1n) is 5.52. The fourth-order valence-electron chi connectivity index (χ4n) is 1.81. The van der Waals surface area contributed by atoms with Crippen LogP contribution in [0.3, 0.4) is 0 Å². The Balaban J connectivity index is 2.14. The topological polar surface area (TPSA) is 24.9 Å². The molecule has 0 saturated carbocycles. The third-order valence-corrected chi connectivity index (χ3v) is 4.07. The maximum Gasteiger partial charge on any atom is 0.0900 e. The normalized spacial score (nSPS) is 12.5. The van der Waals surface area contributed by atoms with E-state index in [1.807, 2.05) is 31.2 Å². The summed E-state index contributed by atoms with van der Waals surface area (Å²) in [5, 5.41) is 5.32. The summed E-state index contributed by atoms with van der Waals surface area (Å²) < 4.78 is 0. The molecule has 1 heterocycles. The van der Waals surface area contributed by atoms with Crippen molar-refractivity contribution in [3.05, 3.63) is 44.9 Å². The predicted molar refractivity (Wildman–Crippen MR) is 75.1 cm³/mol. The molecule has 90 valence electrons. The molecule has 4 heteroatoms. The highest BCUT2D eigenvalue weighted by molar-refractivity contribution is 7.11. The Morgan fingerprint density at radius 3 is 2.41 bits per heavy atom. The highest BCUT2D eigenvalue weighted by Crippen LogP contribution is 2.27. The van der Waals surface area contributed by atoms with Crippen molar-refractivity contribution in [2.75, 3.05) is 5.32 Å². The molecule has 1 atom stereocenters. The number of rotatable bonds is 3. The molecule has 0 amide bonds. The van der Waals surface area contributed by atoms with Crippen LogP contribution in [-0.2, 0) is 0 Å². The Kier molecular flexibility index (Phi) is 3.69. The van der Waals surface area contributed by atoms with Gasteiger partial charge in [-0.1, -0.05) is 11.6 Å². The maximum absolute atomic E-state index is 5.86. The first kappa shape index (κ1) is 12.4. The van der Waals surface area contributed by atoms with Crippen molar-refractivity contribution in [1.82, 2.24) is 4.98 Å². The molecule has 0 aliphatic carbocycles. The SMILES string of the molecule is Cc1nc(C)c(C(C)Nc2ccc(Cl)cc2)s1. The van der Waals surface area contributed by atoms with Gasteiger partial charge in [-0.2, -0.15) is 0 Å². The second-order valence-electron chi connectivity index (χ2n) is 4.06. The van der Waals surface area contributed by atoms with E-state index in [0.717, 1.165) is 21.4 Å². The third kappa shape index (κ3) is 2.99. The average molecular weight is 267 g/mol. The fourth-order valence-corrected chi connectivity index (χ4v) is 2.87. The number of aryl methyl sites for hydroxylation is 2. The quantitative estimate of drug-likeness (QED) is 0.879. The lowest BCUT2D eigenvalue weighted by Gasteiger charge is -2.14. The zero-order valence-electron chi connectivity index (χ0n) is 10.1. The molecule has 0 spiro atoms. The summed E-state index contributed by atoms with van der Waals surface area (Å²) in [5.41, 5.74) is 2.19. The van der Waals surface area contributed by atoms with Crippen molar-refractivity contribution in [3.63, 3.8) is 0 Å². The molecule has 1 aromatic carbocycles. The minimum absolute atomic E-state index is 0.266. The summed E-state index contributed by atoms with van der Waals surface area (Å²) in [5.74, 6) is 0. The average Bonchev–Trinajstić information content (AvgIpc) is 2.61. The molecule has 0 bridgehead atoms. The minimum Gasteiger partial charge on any atom is -0.378 e. The number of nitrogens with one attached hydrogen (secondary N) is 1. The van der Waals surface area contributed by atoms with Crippen molar-refractivity contribution < 1.29 is 0 Å². The second-order valence-corrected chi connectivity index (χ2v) is 5.73. The van der Waals surface area contributed by atoms with Crippen molar-refractivity contribution in [2.24, 2.45) is 0 Å². The molecule has 1 N–H and O–H groups in total. The van der Waals surface area contributed by atoms with E-state index in [0.29, 0.717) is 0 Å². The van der Waals surface area contributed by atoms with Crippen LogP contribution < -0.4 is 5.32 Å². The molecule has 0 radical (unpaired) electrons. The van der Waals surface area contributed by atoms with Crippen LogP contribution >= 0.6 is 22.9 Å². The summed E-state index contributed by atoms with van der Waals surface area (Å²) in [6, 6.07) is 8.02. The highest BCUT2D eigenvalue weighted by atomic mass is 35.5. The number of anilines is 1. The lowest BCUT2D eigenvalue weighted by Crippen LogP contribution is -2.05. The van der Waals surface area contributed by atoms with Crippen molar-refractivity contribution in [2.45, 2.75) is 26.8 Å². The molecule has 0 aliphatic heterocycles. The summed E-state index contributed by atoms with van der Waals surface area (Å²) in [7, 11) is 0. The van der Waals surface area contributed by atoms with Crippen LogP contribution in [-0.4, -0.2) is 4.98 Å². The van der Waals surface area contributed by atoms with Gasteiger partial charge in [-0.25, -0.2) is 4.98 Å². The van der Waals surface area contributed by atoms with Gasteiger partial charge in [-0.3, -0.25) is 0 Å². The maximum atomic E-state index is 5.86. The van der Waals surface area contributed by atoms with Gasteiger partial charge in [0.25, 0.3) is 0 Å². The van der Waals surface area contributed by atoms with Crippen LogP contribution in [0.15, 0.2) is 24.3 Å². The summed E-state index contributed by atoms with van der Waals surface area (Å²) in [6.45, 7) is 6.24. The van der Waals surface area contributed by atoms with E-state index >= 15 is 0 Å². The van der Waals surface area contributed by atoms with E-state index in [9.17, 15) is 0 Å². The number of benzene rings is 1. The molecule has 17 heavy (non-hydrogen) atoms. The number of halogens is 1. The van der Waals surface area contributed by atoms with Gasteiger partial charge in [0.2, 0.25) is 0 Å². The Morgan fingerprint density at radius 2 is 1.88 bits per heavy atom. The van der Waals surface area contributed by atoms with Crippen LogP contribution in [0.25, 0.3) is 0 Å². The molecule has 0 aliphatic rings. The zero-order valence-corrected chi connectivity index (χ0v) is 11.7. The van der Waals surface area contributed by atoms with Crippen molar-refractivity contribution >= 4 is 28.6 Å². The number of hydrogen-bond acceptors (Lipinski definition) is 3. The van der Waals surface area contributed by atoms with Gasteiger partial charge < -0.3 is 5.32 Å². The third-order valence-electron chi connectivity index (χ3n) is 2.56. The van der Waals surface area contributed by atoms with E-state index in [2.05, 4.69) is 24.1 Å². The van der Waals surface area contributed by atoms with Gasteiger partial charge in [0.1, 0.15) is 0 Å². The summed E-state index contributed by atoms with van der Waals surface area (Å²) >= 11 is 7.60. The van der Waals surface area contributed by atoms with Gasteiger partial charge in [0, 0.05) is 15.6 Å². The van der Waals surface area contributed by atoms with Crippen LogP contribution in [0.2, 0.25) is 5.02 Å². The van der Waals surface area contributed by atoms with Crippen LogP contribution in [0.1, 0.15) is 28.5 Å². The Bertz CT molecular complexity index is 505. The molecule has 1 aromatic heterocycles. The summed E-state index contributed by atoms with van der Waals surface area (Å²) in [6.07, 6.45) is 0. The number of aromatic nitrogens is 1. The second kappa shape index (κ2) is 5.07. The molecule has 2 rings (SSSR count). The van der Waals surface area contributed by atoms with Crippen molar-refractivity contribution in [3.8, 4) is 0 Å². The molecular weight excluding hydrogens is 252 g/mol. The summed E-state index contributed by atoms with van der Waals surface area (Å²) in [4.78, 5) is 5.73. The van der Waals surface area contributed by atoms with E-state index in [1.54, 1.807) is 11.3 Å². The lowest BCUT2D eigenvalue weighted by molar-refractivity contribution is 0.890. The number of nitrogens with zero attached hydrogens (tertiary/aromatic N) is 1. The fraction of sp³-hybridized carbons (Fsp3) is 0.308. The Hall–Kier alpha value is -1.06. The minimum atomic E-state index is 0.266. The predicted octanol–water partition coefficient (Wildman–Crippen LogP) is 4.59. The molecular formula is C13H15ClN2S. The molecule has 1 unspecified atom stereocenters. The Labute approximate surface area is 111 Å². The first-order chi connectivity index (χ1) is 8.06. The van der Waals surface area contributed by atoms with Crippen LogP contribution in [0, 0.1) is 13.8 Å². The number of hydrogen-bond donors (Lipinski definition) is 1. The smallest absolute Gasteiger partial charge is 0.0900 e. The molecule has 0 fully saturated rings. The van der Waals surface area contributed by atoms with Gasteiger partial charge in [-0.15, -0.1) is 11.3 Å². The van der Waals surface area contributed by atoms with Gasteiger partial charge in [0.05, 0.1) is 16.7 Å². The standard InChI is InChI=1S/C13H15ClN2S/c1-8-13(17-10(3)15-8)9(2)16-12-6-4-11(14)5-7-12/h4-7,9,16H,1-3H3. The largest absolute Gasteiger partial charge is 0.378 e. The van der Waals surface area contributed by atoms with Crippen LogP contribution in [0.5, 0.6) is 0 Å². The Morgan fingerprint density at radius 1 is 1.24 bits per heavy atom. The van der Waals surface area contributed by atoms with Gasteiger partial charge in [-0.05, 0) is 45.0 Å². The molecule has 2 nitrogen and oxygen atoms in total. The van der Waals surface area contributed by atoms with E-state index in [-0.39, 0.29) is 6.04 Å². The van der Waals surface area contributed by atoms with Crippen LogP contribution in [0.4, 0.5) is 5.69 Å². The zero-order chi connectivity index (χ0) is 12.4. The highest BCUT2D eigenvalue weighted by Gasteiger charge is 2.12. The van der Waals surface area contributed by atoms with E-state index in [1.165, 1.54) is 4.88 Å². The van der Waals surface area contributed by atoms with Crippen molar-refractivity contribution in [1.29, 1.82) is 0 Å². The lowest BCUT2D eigenvalue weighted by atomic mass is 10.2. The van der Waals surface area contributed by atoms with Gasteiger partial charge >= 0.3 is 0 Å².